The Morgan fingerprint density at radius 3 is 2.48 bits per heavy atom. The second-order valence-electron chi connectivity index (χ2n) is 7.34. The van der Waals surface area contributed by atoms with Crippen molar-refractivity contribution in [3.63, 3.8) is 0 Å². The molecule has 1 saturated heterocycles. The summed E-state index contributed by atoms with van der Waals surface area (Å²) in [7, 11) is 0. The number of hydrogen-bond acceptors (Lipinski definition) is 8. The minimum Gasteiger partial charge on any atom is -0.463 e. The molecule has 10 nitrogen and oxygen atoms in total. The average molecular weight is 522 g/mol. The summed E-state index contributed by atoms with van der Waals surface area (Å²) in [6.07, 6.45) is -0.978. The van der Waals surface area contributed by atoms with Gasteiger partial charge in [0.05, 0.1) is 4.83 Å². The molecule has 176 valence electrons. The van der Waals surface area contributed by atoms with E-state index < -0.39 is 46.8 Å². The second-order valence-corrected chi connectivity index (χ2v) is 8.40. The largest absolute Gasteiger partial charge is 0.463 e. The number of benzene rings is 1. The number of aromatic nitrogens is 2. The van der Waals surface area contributed by atoms with E-state index in [0.29, 0.717) is 17.5 Å². The SMILES string of the molecule is CCc1cnc(=O)[nH]c1N(C(=O)c1ccccc1)[C@@H]1O[C@H](COC(C)=O)[C@H](Br)[C@H]1OC(C)=O. The third-order valence-corrected chi connectivity index (χ3v) is 6.11. The molecule has 1 fully saturated rings. The number of esters is 2. The van der Waals surface area contributed by atoms with Crippen molar-refractivity contribution in [3.8, 4) is 0 Å². The molecule has 0 bridgehead atoms. The molecule has 1 N–H and O–H groups in total. The van der Waals surface area contributed by atoms with Crippen LogP contribution in [0.2, 0.25) is 0 Å². The van der Waals surface area contributed by atoms with Crippen LogP contribution in [-0.4, -0.2) is 57.7 Å². The van der Waals surface area contributed by atoms with Gasteiger partial charge in [0.15, 0.2) is 12.3 Å². The van der Waals surface area contributed by atoms with E-state index in [4.69, 9.17) is 14.2 Å². The van der Waals surface area contributed by atoms with Crippen molar-refractivity contribution in [1.82, 2.24) is 9.97 Å². The molecule has 0 saturated carbocycles. The summed E-state index contributed by atoms with van der Waals surface area (Å²) in [6, 6.07) is 8.43. The van der Waals surface area contributed by atoms with Gasteiger partial charge in [0.1, 0.15) is 18.5 Å². The number of aromatic amines is 1. The van der Waals surface area contributed by atoms with Gasteiger partial charge in [0, 0.05) is 31.2 Å². The van der Waals surface area contributed by atoms with Crippen LogP contribution in [0.25, 0.3) is 0 Å². The average Bonchev–Trinajstić information content (AvgIpc) is 3.08. The van der Waals surface area contributed by atoms with Gasteiger partial charge in [-0.15, -0.1) is 0 Å². The minimum absolute atomic E-state index is 0.125. The smallest absolute Gasteiger partial charge is 0.346 e. The van der Waals surface area contributed by atoms with Crippen molar-refractivity contribution in [2.75, 3.05) is 11.5 Å². The minimum atomic E-state index is -1.13. The third kappa shape index (κ3) is 5.66. The summed E-state index contributed by atoms with van der Waals surface area (Å²) in [6.45, 7) is 4.23. The number of halogens is 1. The highest BCUT2D eigenvalue weighted by molar-refractivity contribution is 9.09. The fraction of sp³-hybridized carbons (Fsp3) is 0.409. The number of aryl methyl sites for hydroxylation is 1. The second kappa shape index (κ2) is 10.7. The van der Waals surface area contributed by atoms with Gasteiger partial charge < -0.3 is 14.2 Å². The number of amides is 1. The molecule has 0 unspecified atom stereocenters. The Morgan fingerprint density at radius 2 is 1.88 bits per heavy atom. The van der Waals surface area contributed by atoms with Crippen LogP contribution in [0.4, 0.5) is 5.82 Å². The van der Waals surface area contributed by atoms with Gasteiger partial charge in [0.25, 0.3) is 5.91 Å². The first-order valence-corrected chi connectivity index (χ1v) is 11.2. The predicted octanol–water partition coefficient (Wildman–Crippen LogP) is 1.96. The number of H-pyrrole nitrogens is 1. The fourth-order valence-electron chi connectivity index (χ4n) is 3.50. The van der Waals surface area contributed by atoms with Crippen molar-refractivity contribution < 1.29 is 28.6 Å². The van der Waals surface area contributed by atoms with Crippen LogP contribution in [0.15, 0.2) is 41.3 Å². The molecule has 33 heavy (non-hydrogen) atoms. The van der Waals surface area contributed by atoms with E-state index >= 15 is 0 Å². The molecule has 0 aliphatic carbocycles. The Kier molecular flexibility index (Phi) is 7.98. The molecule has 11 heteroatoms. The van der Waals surface area contributed by atoms with Gasteiger partial charge >= 0.3 is 17.6 Å². The summed E-state index contributed by atoms with van der Waals surface area (Å²) in [5.74, 6) is -1.39. The lowest BCUT2D eigenvalue weighted by Crippen LogP contribution is -2.49. The first kappa shape index (κ1) is 24.6. The summed E-state index contributed by atoms with van der Waals surface area (Å²) in [5, 5.41) is 0. The third-order valence-electron chi connectivity index (χ3n) is 5.00. The van der Waals surface area contributed by atoms with Crippen LogP contribution < -0.4 is 10.6 Å². The lowest BCUT2D eigenvalue weighted by Gasteiger charge is -2.32. The summed E-state index contributed by atoms with van der Waals surface area (Å²) < 4.78 is 16.7. The highest BCUT2D eigenvalue weighted by Crippen LogP contribution is 2.35. The molecule has 1 aromatic carbocycles. The molecule has 2 heterocycles. The number of anilines is 1. The van der Waals surface area contributed by atoms with Crippen molar-refractivity contribution >= 4 is 39.6 Å². The van der Waals surface area contributed by atoms with Gasteiger partial charge in [0.2, 0.25) is 0 Å². The molecule has 1 aliphatic rings. The van der Waals surface area contributed by atoms with E-state index in [1.54, 1.807) is 30.3 Å². The molecule has 2 aromatic rings. The number of nitrogens with one attached hydrogen (secondary N) is 1. The molecular weight excluding hydrogens is 498 g/mol. The zero-order valence-corrected chi connectivity index (χ0v) is 19.9. The number of nitrogens with zero attached hydrogens (tertiary/aromatic N) is 2. The van der Waals surface area contributed by atoms with E-state index in [9.17, 15) is 19.2 Å². The normalized spacial score (nSPS) is 21.9. The van der Waals surface area contributed by atoms with Crippen LogP contribution in [0, 0.1) is 0 Å². The number of alkyl halides is 1. The Bertz CT molecular complexity index is 1080. The van der Waals surface area contributed by atoms with Gasteiger partial charge in [-0.3, -0.25) is 24.3 Å². The molecule has 1 aliphatic heterocycles. The molecule has 1 aromatic heterocycles. The van der Waals surface area contributed by atoms with Crippen LogP contribution in [0.3, 0.4) is 0 Å². The molecule has 3 rings (SSSR count). The van der Waals surface area contributed by atoms with E-state index in [0.717, 1.165) is 0 Å². The summed E-state index contributed by atoms with van der Waals surface area (Å²) in [5.41, 5.74) is 0.262. The topological polar surface area (TPSA) is 128 Å². The van der Waals surface area contributed by atoms with Crippen molar-refractivity contribution in [2.24, 2.45) is 0 Å². The first-order valence-electron chi connectivity index (χ1n) is 10.3. The standard InChI is InChI=1S/C22H24BrN3O7/c1-4-14-10-24-22(30)25-19(14)26(20(29)15-8-6-5-7-9-15)21-18(32-13(3)28)17(23)16(33-21)11-31-12(2)27/h5-10,16-18,21H,4,11H2,1-3H3,(H,24,25,30)/t16-,17+,18-,21-/m1/s1. The van der Waals surface area contributed by atoms with Gasteiger partial charge in [-0.05, 0) is 18.6 Å². The molecule has 0 spiro atoms. The lowest BCUT2D eigenvalue weighted by molar-refractivity contribution is -0.148. The van der Waals surface area contributed by atoms with Crippen LogP contribution in [0.1, 0.15) is 36.7 Å². The number of rotatable bonds is 7. The van der Waals surface area contributed by atoms with Crippen LogP contribution in [-0.2, 0) is 30.2 Å². The summed E-state index contributed by atoms with van der Waals surface area (Å²) >= 11 is 3.47. The maximum absolute atomic E-state index is 13.7. The Balaban J connectivity index is 2.12. The van der Waals surface area contributed by atoms with E-state index in [2.05, 4.69) is 25.9 Å². The van der Waals surface area contributed by atoms with E-state index in [-0.39, 0.29) is 12.4 Å². The molecular formula is C22H24BrN3O7. The van der Waals surface area contributed by atoms with Gasteiger partial charge in [-0.25, -0.2) is 9.78 Å². The zero-order valence-electron chi connectivity index (χ0n) is 18.3. The lowest BCUT2D eigenvalue weighted by atomic mass is 10.1. The quantitative estimate of drug-likeness (QED) is 0.432. The Hall–Kier alpha value is -3.05. The van der Waals surface area contributed by atoms with Crippen LogP contribution in [0.5, 0.6) is 0 Å². The zero-order chi connectivity index (χ0) is 24.1. The highest BCUT2D eigenvalue weighted by atomic mass is 79.9. The Labute approximate surface area is 198 Å². The predicted molar refractivity (Wildman–Crippen MR) is 121 cm³/mol. The number of carbonyl (C=O) groups is 3. The highest BCUT2D eigenvalue weighted by Gasteiger charge is 2.51. The van der Waals surface area contributed by atoms with Crippen molar-refractivity contribution in [1.29, 1.82) is 0 Å². The van der Waals surface area contributed by atoms with Gasteiger partial charge in [-0.1, -0.05) is 41.1 Å². The maximum Gasteiger partial charge on any atom is 0.346 e. The maximum atomic E-state index is 13.7. The molecule has 4 atom stereocenters. The molecule has 0 radical (unpaired) electrons. The van der Waals surface area contributed by atoms with Crippen molar-refractivity contribution in [2.45, 2.75) is 50.5 Å². The number of hydrogen-bond donors (Lipinski definition) is 1. The fourth-order valence-corrected chi connectivity index (χ4v) is 4.15. The van der Waals surface area contributed by atoms with E-state index in [1.165, 1.54) is 24.9 Å². The Morgan fingerprint density at radius 1 is 1.18 bits per heavy atom. The number of carbonyl (C=O) groups excluding carboxylic acids is 3. The van der Waals surface area contributed by atoms with Crippen molar-refractivity contribution in [3.05, 3.63) is 58.1 Å². The summed E-state index contributed by atoms with van der Waals surface area (Å²) in [4.78, 5) is 56.0. The van der Waals surface area contributed by atoms with E-state index in [1.807, 2.05) is 6.92 Å². The number of ether oxygens (including phenoxy) is 3. The first-order chi connectivity index (χ1) is 15.7. The van der Waals surface area contributed by atoms with Gasteiger partial charge in [-0.2, -0.15) is 0 Å². The molecule has 1 amide bonds. The van der Waals surface area contributed by atoms with Crippen LogP contribution >= 0.6 is 15.9 Å². The monoisotopic (exact) mass is 521 g/mol.